The molecule has 3 aromatic rings. The molecule has 29 heavy (non-hydrogen) atoms. The molecule has 5 rings (SSSR count). The lowest BCUT2D eigenvalue weighted by Gasteiger charge is -2.24. The highest BCUT2D eigenvalue weighted by Gasteiger charge is 2.33. The molecule has 1 aromatic carbocycles. The van der Waals surface area contributed by atoms with Crippen molar-refractivity contribution in [2.45, 2.75) is 32.4 Å². The fourth-order valence-electron chi connectivity index (χ4n) is 4.17. The highest BCUT2D eigenvalue weighted by Crippen LogP contribution is 2.37. The van der Waals surface area contributed by atoms with E-state index in [1.54, 1.807) is 22.8 Å². The molecular formula is C21H15BN2O5. The summed E-state index contributed by atoms with van der Waals surface area (Å²) in [4.78, 5) is 40.9. The van der Waals surface area contributed by atoms with Crippen molar-refractivity contribution in [2.75, 3.05) is 0 Å². The molecule has 7 nitrogen and oxygen atoms in total. The predicted molar refractivity (Wildman–Crippen MR) is 105 cm³/mol. The van der Waals surface area contributed by atoms with Crippen molar-refractivity contribution in [3.05, 3.63) is 57.4 Å². The van der Waals surface area contributed by atoms with Gasteiger partial charge in [-0.2, -0.15) is 0 Å². The number of carbonyl (C=O) groups is 2. The summed E-state index contributed by atoms with van der Waals surface area (Å²) >= 11 is 0. The fourth-order valence-corrected chi connectivity index (χ4v) is 4.17. The largest absolute Gasteiger partial charge is 0.460 e. The Morgan fingerprint density at radius 3 is 2.90 bits per heavy atom. The smallest absolute Gasteiger partial charge is 0.313 e. The van der Waals surface area contributed by atoms with E-state index in [0.717, 1.165) is 22.2 Å². The second kappa shape index (κ2) is 6.30. The molecule has 0 saturated heterocycles. The van der Waals surface area contributed by atoms with E-state index < -0.39 is 11.8 Å². The lowest BCUT2D eigenvalue weighted by Crippen LogP contribution is -2.32. The van der Waals surface area contributed by atoms with Crippen molar-refractivity contribution in [3.63, 3.8) is 0 Å². The Kier molecular flexibility index (Phi) is 3.84. The van der Waals surface area contributed by atoms with Crippen molar-refractivity contribution < 1.29 is 19.1 Å². The highest BCUT2D eigenvalue weighted by molar-refractivity contribution is 6.55. The van der Waals surface area contributed by atoms with Gasteiger partial charge in [0.1, 0.15) is 12.4 Å². The zero-order valence-electron chi connectivity index (χ0n) is 15.6. The summed E-state index contributed by atoms with van der Waals surface area (Å²) in [7, 11) is 5.08. The average Bonchev–Trinajstić information content (AvgIpc) is 3.03. The Bertz CT molecular complexity index is 1280. The number of pyridine rings is 2. The van der Waals surface area contributed by atoms with Crippen LogP contribution in [-0.2, 0) is 22.7 Å². The number of esters is 1. The molecule has 0 spiro atoms. The van der Waals surface area contributed by atoms with Crippen LogP contribution in [0.4, 0.5) is 4.79 Å². The van der Waals surface area contributed by atoms with Gasteiger partial charge in [-0.25, -0.2) is 4.98 Å². The fraction of sp³-hybridized carbons (Fsp3) is 0.238. The maximum absolute atomic E-state index is 13.1. The Hall–Kier alpha value is -3.42. The first-order valence-corrected chi connectivity index (χ1v) is 9.31. The first-order valence-electron chi connectivity index (χ1n) is 9.31. The average molecular weight is 386 g/mol. The predicted octanol–water partition coefficient (Wildman–Crippen LogP) is 2.64. The van der Waals surface area contributed by atoms with Crippen LogP contribution in [0.3, 0.4) is 0 Å². The van der Waals surface area contributed by atoms with Gasteiger partial charge in [-0.1, -0.05) is 6.92 Å². The van der Waals surface area contributed by atoms with Gasteiger partial charge < -0.3 is 14.0 Å². The van der Waals surface area contributed by atoms with Gasteiger partial charge in [0.25, 0.3) is 5.56 Å². The van der Waals surface area contributed by atoms with Crippen LogP contribution in [0.5, 0.6) is 5.75 Å². The third-order valence-corrected chi connectivity index (χ3v) is 5.52. The van der Waals surface area contributed by atoms with Gasteiger partial charge >= 0.3 is 5.97 Å². The molecule has 0 N–H and O–H groups in total. The number of benzene rings is 1. The van der Waals surface area contributed by atoms with Crippen LogP contribution in [0.1, 0.15) is 36.0 Å². The van der Waals surface area contributed by atoms with E-state index in [4.69, 9.17) is 22.3 Å². The second-order valence-corrected chi connectivity index (χ2v) is 7.20. The lowest BCUT2D eigenvalue weighted by molar-refractivity contribution is -0.148. The summed E-state index contributed by atoms with van der Waals surface area (Å²) < 4.78 is 11.8. The van der Waals surface area contributed by atoms with E-state index in [1.807, 2.05) is 19.1 Å². The molecule has 8 heteroatoms. The van der Waals surface area contributed by atoms with Gasteiger partial charge in [-0.3, -0.25) is 14.4 Å². The minimum Gasteiger partial charge on any atom is -0.460 e. The van der Waals surface area contributed by atoms with Crippen LogP contribution in [0.2, 0.25) is 0 Å². The Morgan fingerprint density at radius 1 is 1.31 bits per heavy atom. The van der Waals surface area contributed by atoms with Crippen molar-refractivity contribution in [2.24, 2.45) is 0 Å². The molecule has 0 bridgehead atoms. The van der Waals surface area contributed by atoms with E-state index in [2.05, 4.69) is 0 Å². The summed E-state index contributed by atoms with van der Waals surface area (Å²) in [6, 6.07) is 8.87. The Labute approximate surface area is 166 Å². The second-order valence-electron chi connectivity index (χ2n) is 7.20. The summed E-state index contributed by atoms with van der Waals surface area (Å²) in [6.45, 7) is 2.28. The van der Waals surface area contributed by atoms with Crippen molar-refractivity contribution in [3.8, 4) is 17.1 Å². The zero-order chi connectivity index (χ0) is 20.3. The van der Waals surface area contributed by atoms with Crippen molar-refractivity contribution in [1.29, 1.82) is 0 Å². The lowest BCUT2D eigenvalue weighted by atomic mass is 9.90. The van der Waals surface area contributed by atoms with E-state index in [9.17, 15) is 14.4 Å². The summed E-state index contributed by atoms with van der Waals surface area (Å²) in [5, 5.41) is 0.776. The third kappa shape index (κ3) is 2.67. The molecule has 2 radical (unpaired) electrons. The standard InChI is InChI=1S/C21H15BN2O5/c1-2-13-14-7-17-18-11(8-24(17)19(25)15(14)9-28-20(13)26)5-10-6-12(29-21(22)27)3-4-16(10)23-18/h3-7,13H,2,8-9H2,1H3/t13-/m1/s1. The van der Waals surface area contributed by atoms with Gasteiger partial charge in [-0.15, -0.1) is 0 Å². The first kappa shape index (κ1) is 17.7. The number of cyclic esters (lactones) is 1. The van der Waals surface area contributed by atoms with Crippen molar-refractivity contribution in [1.82, 2.24) is 9.55 Å². The van der Waals surface area contributed by atoms with Crippen LogP contribution in [0.25, 0.3) is 22.3 Å². The van der Waals surface area contributed by atoms with Gasteiger partial charge in [0.05, 0.1) is 34.9 Å². The van der Waals surface area contributed by atoms with E-state index in [-0.39, 0.29) is 18.1 Å². The number of aromatic nitrogens is 2. The third-order valence-electron chi connectivity index (χ3n) is 5.52. The number of hydrogen-bond acceptors (Lipinski definition) is 6. The molecule has 1 atom stereocenters. The normalized spacial score (nSPS) is 16.7. The molecule has 2 aromatic heterocycles. The number of rotatable bonds is 2. The maximum Gasteiger partial charge on any atom is 0.313 e. The highest BCUT2D eigenvalue weighted by atomic mass is 16.5. The molecule has 2 aliphatic rings. The molecule has 0 amide bonds. The SMILES string of the molecule is [B]C(=O)Oc1ccc2nc3c(cc2c1)Cn1c-3cc2c(c1=O)COC(=O)[C@@H]2CC. The summed E-state index contributed by atoms with van der Waals surface area (Å²) in [5.41, 5.74) is 4.13. The quantitative estimate of drug-likeness (QED) is 0.389. The number of nitrogens with zero attached hydrogens (tertiary/aromatic N) is 2. The van der Waals surface area contributed by atoms with Gasteiger partial charge in [0, 0.05) is 10.9 Å². The summed E-state index contributed by atoms with van der Waals surface area (Å²) in [5.74, 6) is -1.28. The zero-order valence-corrected chi connectivity index (χ0v) is 15.6. The van der Waals surface area contributed by atoms with Gasteiger partial charge in [0.2, 0.25) is 13.7 Å². The number of carbonyl (C=O) groups excluding carboxylic acids is 2. The molecular weight excluding hydrogens is 371 g/mol. The van der Waals surface area contributed by atoms with Gasteiger partial charge in [-0.05, 0) is 42.3 Å². The van der Waals surface area contributed by atoms with Crippen LogP contribution < -0.4 is 10.3 Å². The molecule has 0 saturated carbocycles. The molecule has 4 heterocycles. The Morgan fingerprint density at radius 2 is 2.14 bits per heavy atom. The Balaban J connectivity index is 1.68. The topological polar surface area (TPSA) is 87.5 Å². The molecule has 142 valence electrons. The molecule has 0 unspecified atom stereocenters. The van der Waals surface area contributed by atoms with Crippen LogP contribution in [0, 0.1) is 0 Å². The minimum absolute atomic E-state index is 0.00332. The molecule has 0 fully saturated rings. The van der Waals surface area contributed by atoms with Crippen molar-refractivity contribution >= 4 is 30.6 Å². The molecule has 2 aliphatic heterocycles. The number of fused-ring (bicyclic) bond motifs is 5. The summed E-state index contributed by atoms with van der Waals surface area (Å²) in [6.07, 6.45) is 0.565. The van der Waals surface area contributed by atoms with Crippen LogP contribution in [0.15, 0.2) is 35.1 Å². The van der Waals surface area contributed by atoms with E-state index in [0.29, 0.717) is 35.5 Å². The first-order chi connectivity index (χ1) is 14.0. The van der Waals surface area contributed by atoms with E-state index in [1.165, 1.54) is 0 Å². The van der Waals surface area contributed by atoms with E-state index >= 15 is 0 Å². The van der Waals surface area contributed by atoms with Crippen LogP contribution >= 0.6 is 0 Å². The number of hydrogen-bond donors (Lipinski definition) is 0. The number of ether oxygens (including phenoxy) is 2. The monoisotopic (exact) mass is 386 g/mol. The minimum atomic E-state index is -0.884. The van der Waals surface area contributed by atoms with Gasteiger partial charge in [0.15, 0.2) is 0 Å². The maximum atomic E-state index is 13.1. The molecule has 0 aliphatic carbocycles. The van der Waals surface area contributed by atoms with Crippen LogP contribution in [-0.4, -0.2) is 29.2 Å².